The van der Waals surface area contributed by atoms with Gasteiger partial charge in [-0.15, -0.1) is 11.3 Å². The minimum Gasteiger partial charge on any atom is -0.475 e. The number of thiazole rings is 1. The summed E-state index contributed by atoms with van der Waals surface area (Å²) >= 11 is 1.50. The number of nitrogens with two attached hydrogens (primary N) is 1. The molecule has 0 fully saturated rings. The zero-order chi connectivity index (χ0) is 10.5. The molecule has 13 heavy (non-hydrogen) atoms. The Morgan fingerprint density at radius 1 is 1.62 bits per heavy atom. The van der Waals surface area contributed by atoms with Crippen molar-refractivity contribution in [1.29, 1.82) is 0 Å². The summed E-state index contributed by atoms with van der Waals surface area (Å²) in [6.45, 7) is 0. The molecule has 4 nitrogen and oxygen atoms in total. The topological polar surface area (TPSA) is 76.2 Å². The number of carbonyl (C=O) groups is 1. The van der Waals surface area contributed by atoms with Crippen LogP contribution < -0.4 is 5.73 Å². The predicted octanol–water partition coefficient (Wildman–Crippen LogP) is 1.36. The third kappa shape index (κ3) is 5.91. The smallest absolute Gasteiger partial charge is 0.475 e. The minimum atomic E-state index is -5.08. The van der Waals surface area contributed by atoms with E-state index in [-0.39, 0.29) is 0 Å². The molecule has 0 atom stereocenters. The van der Waals surface area contributed by atoms with Crippen LogP contribution in [-0.2, 0) is 4.79 Å². The lowest BCUT2D eigenvalue weighted by atomic mass is 10.7. The zero-order valence-corrected chi connectivity index (χ0v) is 6.89. The molecular weight excluding hydrogens is 209 g/mol. The largest absolute Gasteiger partial charge is 0.490 e. The second kappa shape index (κ2) is 4.65. The maximum Gasteiger partial charge on any atom is 0.490 e. The van der Waals surface area contributed by atoms with Gasteiger partial charge in [0.05, 0.1) is 5.51 Å². The molecule has 0 unspecified atom stereocenters. The lowest BCUT2D eigenvalue weighted by molar-refractivity contribution is -0.192. The first-order chi connectivity index (χ1) is 5.84. The Bertz CT molecular complexity index is 259. The molecule has 0 aliphatic heterocycles. The molecule has 0 amide bonds. The van der Waals surface area contributed by atoms with E-state index in [0.29, 0.717) is 5.82 Å². The average Bonchev–Trinajstić information content (AvgIpc) is 2.38. The molecule has 1 aromatic rings. The lowest BCUT2D eigenvalue weighted by Crippen LogP contribution is -2.21. The summed E-state index contributed by atoms with van der Waals surface area (Å²) in [5, 5.41) is 8.92. The predicted molar refractivity (Wildman–Crippen MR) is 40.2 cm³/mol. The van der Waals surface area contributed by atoms with Crippen molar-refractivity contribution in [2.45, 2.75) is 6.18 Å². The van der Waals surface area contributed by atoms with E-state index in [0.717, 1.165) is 0 Å². The number of alkyl halides is 3. The van der Waals surface area contributed by atoms with E-state index in [1.165, 1.54) is 11.3 Å². The number of aromatic nitrogens is 1. The fourth-order valence-electron chi connectivity index (χ4n) is 0.222. The Labute approximate surface area is 74.8 Å². The first-order valence-corrected chi connectivity index (χ1v) is 3.72. The molecular formula is C5H5F3N2O2S. The van der Waals surface area contributed by atoms with Crippen LogP contribution in [0.15, 0.2) is 10.9 Å². The van der Waals surface area contributed by atoms with Gasteiger partial charge in [-0.1, -0.05) is 0 Å². The molecule has 74 valence electrons. The molecule has 3 N–H and O–H groups in total. The van der Waals surface area contributed by atoms with Crippen molar-refractivity contribution in [3.05, 3.63) is 10.9 Å². The number of nitrogen functional groups attached to an aromatic ring is 1. The van der Waals surface area contributed by atoms with Gasteiger partial charge in [0.15, 0.2) is 0 Å². The summed E-state index contributed by atoms with van der Waals surface area (Å²) < 4.78 is 31.7. The van der Waals surface area contributed by atoms with E-state index in [1.54, 1.807) is 10.9 Å². The van der Waals surface area contributed by atoms with Gasteiger partial charge in [-0.2, -0.15) is 13.2 Å². The number of anilines is 1. The number of carboxylic acid groups (broad SMARTS) is 1. The van der Waals surface area contributed by atoms with E-state index in [9.17, 15) is 13.2 Å². The number of rotatable bonds is 0. The van der Waals surface area contributed by atoms with Crippen molar-refractivity contribution in [2.24, 2.45) is 0 Å². The van der Waals surface area contributed by atoms with E-state index in [4.69, 9.17) is 15.6 Å². The van der Waals surface area contributed by atoms with Gasteiger partial charge >= 0.3 is 12.1 Å². The molecule has 1 aromatic heterocycles. The van der Waals surface area contributed by atoms with Crippen LogP contribution in [0.1, 0.15) is 0 Å². The highest BCUT2D eigenvalue weighted by Crippen LogP contribution is 2.13. The third-order valence-electron chi connectivity index (χ3n) is 0.694. The van der Waals surface area contributed by atoms with Gasteiger partial charge in [-0.3, -0.25) is 0 Å². The Morgan fingerprint density at radius 3 is 2.15 bits per heavy atom. The van der Waals surface area contributed by atoms with Gasteiger partial charge in [-0.05, 0) is 0 Å². The van der Waals surface area contributed by atoms with Gasteiger partial charge in [0.25, 0.3) is 0 Å². The lowest BCUT2D eigenvalue weighted by Gasteiger charge is -1.93. The van der Waals surface area contributed by atoms with Crippen LogP contribution in [0.25, 0.3) is 0 Å². The number of aliphatic carboxylic acids is 1. The second-order valence-corrected chi connectivity index (χ2v) is 2.43. The monoisotopic (exact) mass is 214 g/mol. The van der Waals surface area contributed by atoms with E-state index >= 15 is 0 Å². The SMILES string of the molecule is Nc1cscn1.O=C(O)C(F)(F)F. The van der Waals surface area contributed by atoms with Crippen molar-refractivity contribution >= 4 is 23.1 Å². The quantitative estimate of drug-likeness (QED) is 0.683. The molecule has 0 aliphatic rings. The molecule has 0 saturated heterocycles. The maximum atomic E-state index is 10.6. The number of hydrogen-bond donors (Lipinski definition) is 2. The summed E-state index contributed by atoms with van der Waals surface area (Å²) in [6, 6.07) is 0. The van der Waals surface area contributed by atoms with Crippen LogP contribution in [0.4, 0.5) is 19.0 Å². The van der Waals surface area contributed by atoms with E-state index < -0.39 is 12.1 Å². The Morgan fingerprint density at radius 2 is 2.08 bits per heavy atom. The minimum absolute atomic E-state index is 0.611. The average molecular weight is 214 g/mol. The normalized spacial score (nSPS) is 10.1. The van der Waals surface area contributed by atoms with Crippen LogP contribution in [0.3, 0.4) is 0 Å². The van der Waals surface area contributed by atoms with Gasteiger partial charge in [0, 0.05) is 5.38 Å². The second-order valence-electron chi connectivity index (χ2n) is 1.72. The maximum absolute atomic E-state index is 10.6. The zero-order valence-electron chi connectivity index (χ0n) is 6.08. The molecule has 0 aliphatic carbocycles. The van der Waals surface area contributed by atoms with E-state index in [2.05, 4.69) is 4.98 Å². The molecule has 1 rings (SSSR count). The molecule has 0 radical (unpaired) electrons. The van der Waals surface area contributed by atoms with Crippen molar-refractivity contribution in [2.75, 3.05) is 5.73 Å². The summed E-state index contributed by atoms with van der Waals surface area (Å²) in [7, 11) is 0. The Balaban J connectivity index is 0.000000223. The van der Waals surface area contributed by atoms with Crippen LogP contribution in [-0.4, -0.2) is 22.2 Å². The number of hydrogen-bond acceptors (Lipinski definition) is 4. The Hall–Kier alpha value is -1.31. The first-order valence-electron chi connectivity index (χ1n) is 2.78. The molecule has 8 heteroatoms. The molecule has 0 saturated carbocycles. The van der Waals surface area contributed by atoms with Crippen LogP contribution >= 0.6 is 11.3 Å². The summed E-state index contributed by atoms with van der Waals surface area (Å²) in [6.07, 6.45) is -5.08. The highest BCUT2D eigenvalue weighted by Gasteiger charge is 2.38. The van der Waals surface area contributed by atoms with Gasteiger partial charge in [0.1, 0.15) is 5.82 Å². The highest BCUT2D eigenvalue weighted by atomic mass is 32.1. The summed E-state index contributed by atoms with van der Waals surface area (Å²) in [4.78, 5) is 12.6. The highest BCUT2D eigenvalue weighted by molar-refractivity contribution is 7.07. The van der Waals surface area contributed by atoms with Gasteiger partial charge in [-0.25, -0.2) is 9.78 Å². The summed E-state index contributed by atoms with van der Waals surface area (Å²) in [5.41, 5.74) is 6.88. The van der Waals surface area contributed by atoms with Crippen molar-refractivity contribution in [3.63, 3.8) is 0 Å². The molecule has 0 aromatic carbocycles. The van der Waals surface area contributed by atoms with Gasteiger partial charge < -0.3 is 10.8 Å². The van der Waals surface area contributed by atoms with Crippen molar-refractivity contribution in [1.82, 2.24) is 4.98 Å². The van der Waals surface area contributed by atoms with Crippen LogP contribution in [0.2, 0.25) is 0 Å². The molecule has 1 heterocycles. The van der Waals surface area contributed by atoms with Crippen molar-refractivity contribution < 1.29 is 23.1 Å². The number of nitrogens with zero attached hydrogens (tertiary/aromatic N) is 1. The Kier molecular flexibility index (Phi) is 4.18. The standard InChI is InChI=1S/C3H4N2S.C2HF3O2/c4-3-1-6-2-5-3;3-2(4,5)1(6)7/h1-2H,4H2;(H,6,7). The van der Waals surface area contributed by atoms with Gasteiger partial charge in [0.2, 0.25) is 0 Å². The first kappa shape index (κ1) is 11.7. The van der Waals surface area contributed by atoms with Crippen LogP contribution in [0, 0.1) is 0 Å². The third-order valence-corrected chi connectivity index (χ3v) is 1.30. The fraction of sp³-hybridized carbons (Fsp3) is 0.200. The number of carboxylic acids is 1. The molecule has 0 bridgehead atoms. The van der Waals surface area contributed by atoms with Crippen LogP contribution in [0.5, 0.6) is 0 Å². The van der Waals surface area contributed by atoms with E-state index in [1.807, 2.05) is 0 Å². The van der Waals surface area contributed by atoms with Crippen molar-refractivity contribution in [3.8, 4) is 0 Å². The molecule has 0 spiro atoms. The fourth-order valence-corrected chi connectivity index (χ4v) is 0.666. The summed E-state index contributed by atoms with van der Waals surface area (Å²) in [5.74, 6) is -2.15. The number of halogens is 3.